The summed E-state index contributed by atoms with van der Waals surface area (Å²) in [7, 11) is 0. The zero-order valence-electron chi connectivity index (χ0n) is 9.65. The molecule has 0 bridgehead atoms. The van der Waals surface area contributed by atoms with Crippen LogP contribution in [-0.4, -0.2) is 11.0 Å². The fraction of sp³-hybridized carbons (Fsp3) is 0.0714. The summed E-state index contributed by atoms with van der Waals surface area (Å²) in [4.78, 5) is 12.0. The SMILES string of the molecule is O=C1Nc2ccc(Cl)cc2C1(O)c1ccccc1F. The minimum atomic E-state index is -2.05. The first-order chi connectivity index (χ1) is 9.03. The quantitative estimate of drug-likeness (QED) is 0.842. The van der Waals surface area contributed by atoms with Crippen molar-refractivity contribution in [3.05, 3.63) is 64.4 Å². The third-order valence-corrected chi connectivity index (χ3v) is 3.45. The molecule has 1 aliphatic rings. The Balaban J connectivity index is 2.28. The van der Waals surface area contributed by atoms with Crippen molar-refractivity contribution in [2.75, 3.05) is 5.32 Å². The molecule has 1 heterocycles. The summed E-state index contributed by atoms with van der Waals surface area (Å²) in [5.41, 5.74) is -1.45. The standard InChI is InChI=1S/C14H9ClFNO2/c15-8-5-6-12-10(7-8)14(19,13(18)17-12)9-3-1-2-4-11(9)16/h1-7,19H,(H,17,18). The number of carbonyl (C=O) groups excluding carboxylic acids is 1. The van der Waals surface area contributed by atoms with Crippen LogP contribution in [0.5, 0.6) is 0 Å². The molecule has 1 unspecified atom stereocenters. The third-order valence-electron chi connectivity index (χ3n) is 3.21. The second-order valence-electron chi connectivity index (χ2n) is 4.33. The van der Waals surface area contributed by atoms with E-state index in [-0.39, 0.29) is 11.1 Å². The summed E-state index contributed by atoms with van der Waals surface area (Å²) in [6.45, 7) is 0. The number of halogens is 2. The van der Waals surface area contributed by atoms with Crippen molar-refractivity contribution in [2.45, 2.75) is 5.60 Å². The smallest absolute Gasteiger partial charge is 0.265 e. The summed E-state index contributed by atoms with van der Waals surface area (Å²) in [6.07, 6.45) is 0. The van der Waals surface area contributed by atoms with E-state index in [2.05, 4.69) is 5.32 Å². The van der Waals surface area contributed by atoms with Gasteiger partial charge >= 0.3 is 0 Å². The van der Waals surface area contributed by atoms with E-state index < -0.39 is 17.3 Å². The molecule has 3 nitrogen and oxygen atoms in total. The van der Waals surface area contributed by atoms with Crippen LogP contribution in [0.25, 0.3) is 0 Å². The molecule has 0 radical (unpaired) electrons. The predicted molar refractivity (Wildman–Crippen MR) is 69.5 cm³/mol. The Bertz CT molecular complexity index is 689. The molecule has 96 valence electrons. The number of amides is 1. The van der Waals surface area contributed by atoms with E-state index in [1.807, 2.05) is 0 Å². The second kappa shape index (κ2) is 4.05. The van der Waals surface area contributed by atoms with Gasteiger partial charge in [-0.3, -0.25) is 4.79 Å². The third kappa shape index (κ3) is 1.64. The lowest BCUT2D eigenvalue weighted by atomic mass is 9.87. The van der Waals surface area contributed by atoms with E-state index in [0.29, 0.717) is 10.7 Å². The van der Waals surface area contributed by atoms with Gasteiger partial charge in [-0.2, -0.15) is 0 Å². The summed E-state index contributed by atoms with van der Waals surface area (Å²) >= 11 is 5.88. The van der Waals surface area contributed by atoms with Gasteiger partial charge in [0.1, 0.15) is 5.82 Å². The second-order valence-corrected chi connectivity index (χ2v) is 4.77. The van der Waals surface area contributed by atoms with Crippen molar-refractivity contribution in [2.24, 2.45) is 0 Å². The van der Waals surface area contributed by atoms with E-state index in [0.717, 1.165) is 0 Å². The number of hydrogen-bond acceptors (Lipinski definition) is 2. The van der Waals surface area contributed by atoms with E-state index in [1.165, 1.54) is 24.3 Å². The Hall–Kier alpha value is -1.91. The molecule has 0 saturated carbocycles. The maximum atomic E-state index is 13.9. The lowest BCUT2D eigenvalue weighted by Gasteiger charge is -2.21. The Labute approximate surface area is 113 Å². The van der Waals surface area contributed by atoms with Crippen LogP contribution in [0.15, 0.2) is 42.5 Å². The molecule has 2 aromatic rings. The first-order valence-electron chi connectivity index (χ1n) is 5.62. The summed E-state index contributed by atoms with van der Waals surface area (Å²) in [5.74, 6) is -1.33. The maximum absolute atomic E-state index is 13.9. The Morgan fingerprint density at radius 3 is 2.63 bits per heavy atom. The molecular formula is C14H9ClFNO2. The van der Waals surface area contributed by atoms with Gasteiger partial charge in [-0.05, 0) is 24.3 Å². The average Bonchev–Trinajstić information content (AvgIpc) is 2.64. The van der Waals surface area contributed by atoms with Crippen LogP contribution in [-0.2, 0) is 10.4 Å². The number of anilines is 1. The predicted octanol–water partition coefficient (Wildman–Crippen LogP) is 2.67. The van der Waals surface area contributed by atoms with E-state index >= 15 is 0 Å². The minimum absolute atomic E-state index is 0.0893. The van der Waals surface area contributed by atoms with Crippen molar-refractivity contribution < 1.29 is 14.3 Å². The number of nitrogens with one attached hydrogen (secondary N) is 1. The topological polar surface area (TPSA) is 49.3 Å². The van der Waals surface area contributed by atoms with Gasteiger partial charge in [0.2, 0.25) is 0 Å². The zero-order valence-corrected chi connectivity index (χ0v) is 10.4. The van der Waals surface area contributed by atoms with Gasteiger partial charge in [0, 0.05) is 21.8 Å². The zero-order chi connectivity index (χ0) is 13.6. The normalized spacial score (nSPS) is 21.1. The van der Waals surface area contributed by atoms with Gasteiger partial charge in [-0.1, -0.05) is 29.8 Å². The fourth-order valence-corrected chi connectivity index (χ4v) is 2.45. The first kappa shape index (κ1) is 12.1. The van der Waals surface area contributed by atoms with Crippen molar-refractivity contribution in [3.63, 3.8) is 0 Å². The highest BCUT2D eigenvalue weighted by atomic mass is 35.5. The lowest BCUT2D eigenvalue weighted by molar-refractivity contribution is -0.129. The van der Waals surface area contributed by atoms with Crippen molar-refractivity contribution in [1.29, 1.82) is 0 Å². The van der Waals surface area contributed by atoms with E-state index in [4.69, 9.17) is 11.6 Å². The minimum Gasteiger partial charge on any atom is -0.372 e. The molecule has 0 fully saturated rings. The number of rotatable bonds is 1. The molecule has 0 saturated heterocycles. The van der Waals surface area contributed by atoms with Gasteiger partial charge in [0.15, 0.2) is 5.60 Å². The van der Waals surface area contributed by atoms with Gasteiger partial charge in [0.25, 0.3) is 5.91 Å². The van der Waals surface area contributed by atoms with Crippen molar-refractivity contribution >= 4 is 23.2 Å². The van der Waals surface area contributed by atoms with Crippen LogP contribution in [0.1, 0.15) is 11.1 Å². The summed E-state index contributed by atoms with van der Waals surface area (Å²) in [6, 6.07) is 10.3. The molecule has 3 rings (SSSR count). The highest BCUT2D eigenvalue weighted by molar-refractivity contribution is 6.31. The van der Waals surface area contributed by atoms with Crippen LogP contribution >= 0.6 is 11.6 Å². The lowest BCUT2D eigenvalue weighted by Crippen LogP contribution is -2.36. The molecule has 2 aromatic carbocycles. The first-order valence-corrected chi connectivity index (χ1v) is 6.00. The molecule has 1 atom stereocenters. The molecule has 0 spiro atoms. The summed E-state index contributed by atoms with van der Waals surface area (Å²) < 4.78 is 13.9. The number of carbonyl (C=O) groups is 1. The summed E-state index contributed by atoms with van der Waals surface area (Å²) in [5, 5.41) is 13.6. The van der Waals surface area contributed by atoms with Gasteiger partial charge in [0.05, 0.1) is 0 Å². The molecule has 0 aromatic heterocycles. The van der Waals surface area contributed by atoms with Crippen LogP contribution in [0.3, 0.4) is 0 Å². The molecule has 5 heteroatoms. The van der Waals surface area contributed by atoms with Crippen LogP contribution < -0.4 is 5.32 Å². The average molecular weight is 278 g/mol. The molecular weight excluding hydrogens is 269 g/mol. The molecule has 0 aliphatic carbocycles. The molecule has 1 aliphatic heterocycles. The van der Waals surface area contributed by atoms with Gasteiger partial charge in [-0.25, -0.2) is 4.39 Å². The van der Waals surface area contributed by atoms with Crippen molar-refractivity contribution in [3.8, 4) is 0 Å². The van der Waals surface area contributed by atoms with E-state index in [1.54, 1.807) is 18.2 Å². The van der Waals surface area contributed by atoms with Gasteiger partial charge in [-0.15, -0.1) is 0 Å². The van der Waals surface area contributed by atoms with Crippen LogP contribution in [0.2, 0.25) is 5.02 Å². The number of benzene rings is 2. The highest BCUT2D eigenvalue weighted by Crippen LogP contribution is 2.42. The Kier molecular flexibility index (Phi) is 2.59. The van der Waals surface area contributed by atoms with E-state index in [9.17, 15) is 14.3 Å². The fourth-order valence-electron chi connectivity index (χ4n) is 2.28. The number of aliphatic hydroxyl groups is 1. The number of fused-ring (bicyclic) bond motifs is 1. The Morgan fingerprint density at radius 2 is 1.89 bits per heavy atom. The largest absolute Gasteiger partial charge is 0.372 e. The monoisotopic (exact) mass is 277 g/mol. The molecule has 19 heavy (non-hydrogen) atoms. The van der Waals surface area contributed by atoms with Gasteiger partial charge < -0.3 is 10.4 Å². The van der Waals surface area contributed by atoms with Crippen molar-refractivity contribution in [1.82, 2.24) is 0 Å². The highest BCUT2D eigenvalue weighted by Gasteiger charge is 2.48. The van der Waals surface area contributed by atoms with Crippen LogP contribution in [0, 0.1) is 5.82 Å². The molecule has 1 amide bonds. The maximum Gasteiger partial charge on any atom is 0.265 e. The Morgan fingerprint density at radius 1 is 1.16 bits per heavy atom. The molecule has 2 N–H and O–H groups in total. The number of hydrogen-bond donors (Lipinski definition) is 2. The van der Waals surface area contributed by atoms with Crippen LogP contribution in [0.4, 0.5) is 10.1 Å².